The molecule has 5 nitrogen and oxygen atoms in total. The molecule has 1 fully saturated rings. The molecule has 88 valence electrons. The second kappa shape index (κ2) is 4.84. The van der Waals surface area contributed by atoms with Crippen molar-refractivity contribution in [3.8, 4) is 0 Å². The van der Waals surface area contributed by atoms with Gasteiger partial charge in [0.15, 0.2) is 0 Å². The Morgan fingerprint density at radius 1 is 1.62 bits per heavy atom. The maximum Gasteiger partial charge on any atom is 0.285 e. The molecule has 0 bridgehead atoms. The van der Waals surface area contributed by atoms with Crippen LogP contribution >= 0.6 is 11.6 Å². The fraction of sp³-hybridized carbons (Fsp3) is 0.600. The van der Waals surface area contributed by atoms with Crippen LogP contribution in [0.3, 0.4) is 0 Å². The third-order valence-corrected chi connectivity index (χ3v) is 3.34. The number of aliphatic hydroxyl groups is 1. The number of aliphatic hydroxyl groups excluding tert-OH is 1. The lowest BCUT2D eigenvalue weighted by molar-refractivity contribution is 0.138. The van der Waals surface area contributed by atoms with Gasteiger partial charge >= 0.3 is 0 Å². The van der Waals surface area contributed by atoms with Crippen molar-refractivity contribution >= 4 is 17.3 Å². The third-order valence-electron chi connectivity index (χ3n) is 2.97. The van der Waals surface area contributed by atoms with Crippen LogP contribution in [0.5, 0.6) is 0 Å². The smallest absolute Gasteiger partial charge is 0.285 e. The van der Waals surface area contributed by atoms with Gasteiger partial charge in [-0.3, -0.25) is 4.79 Å². The predicted molar refractivity (Wildman–Crippen MR) is 61.7 cm³/mol. The number of hydrogen-bond donors (Lipinski definition) is 3. The number of aromatic nitrogens is 2. The first-order chi connectivity index (χ1) is 7.68. The molecule has 2 unspecified atom stereocenters. The summed E-state index contributed by atoms with van der Waals surface area (Å²) in [6.07, 6.45) is 4.14. The van der Waals surface area contributed by atoms with E-state index in [1.54, 1.807) is 0 Å². The second-order valence-corrected chi connectivity index (χ2v) is 4.44. The number of anilines is 1. The van der Waals surface area contributed by atoms with Crippen molar-refractivity contribution in [1.82, 2.24) is 10.2 Å². The van der Waals surface area contributed by atoms with E-state index in [0.717, 1.165) is 19.3 Å². The molecule has 1 aliphatic rings. The number of aromatic amines is 1. The molecule has 1 heterocycles. The van der Waals surface area contributed by atoms with Gasteiger partial charge in [-0.1, -0.05) is 18.0 Å². The number of H-pyrrole nitrogens is 1. The Morgan fingerprint density at radius 2 is 2.44 bits per heavy atom. The second-order valence-electron chi connectivity index (χ2n) is 4.07. The van der Waals surface area contributed by atoms with Crippen molar-refractivity contribution in [3.05, 3.63) is 21.6 Å². The SMILES string of the molecule is O=c1[nH]ncc(NCC2CCCC2O)c1Cl. The van der Waals surface area contributed by atoms with Crippen LogP contribution in [0.4, 0.5) is 5.69 Å². The van der Waals surface area contributed by atoms with Gasteiger partial charge in [0.1, 0.15) is 5.02 Å². The number of rotatable bonds is 3. The van der Waals surface area contributed by atoms with Gasteiger partial charge in [-0.25, -0.2) is 5.10 Å². The zero-order valence-corrected chi connectivity index (χ0v) is 9.50. The van der Waals surface area contributed by atoms with Crippen LogP contribution in [0.15, 0.2) is 11.0 Å². The molecule has 1 aromatic heterocycles. The topological polar surface area (TPSA) is 78.0 Å². The van der Waals surface area contributed by atoms with Crippen LogP contribution in [0, 0.1) is 5.92 Å². The molecule has 16 heavy (non-hydrogen) atoms. The maximum atomic E-state index is 11.2. The summed E-state index contributed by atoms with van der Waals surface area (Å²) in [4.78, 5) is 11.2. The Hall–Kier alpha value is -1.07. The molecule has 3 N–H and O–H groups in total. The molecule has 0 amide bonds. The van der Waals surface area contributed by atoms with E-state index >= 15 is 0 Å². The van der Waals surface area contributed by atoms with Crippen LogP contribution in [-0.4, -0.2) is 28.0 Å². The van der Waals surface area contributed by atoms with Crippen LogP contribution in [0.1, 0.15) is 19.3 Å². The first-order valence-corrected chi connectivity index (χ1v) is 5.71. The van der Waals surface area contributed by atoms with Gasteiger partial charge in [0, 0.05) is 12.5 Å². The van der Waals surface area contributed by atoms with Crippen molar-refractivity contribution in [3.63, 3.8) is 0 Å². The first kappa shape index (κ1) is 11.4. The highest BCUT2D eigenvalue weighted by Crippen LogP contribution is 2.26. The summed E-state index contributed by atoms with van der Waals surface area (Å²) < 4.78 is 0. The Balaban J connectivity index is 1.99. The summed E-state index contributed by atoms with van der Waals surface area (Å²) in [5.74, 6) is 0.232. The van der Waals surface area contributed by atoms with Gasteiger partial charge in [-0.15, -0.1) is 0 Å². The molecule has 0 aliphatic heterocycles. The van der Waals surface area contributed by atoms with Gasteiger partial charge in [0.05, 0.1) is 18.0 Å². The highest BCUT2D eigenvalue weighted by atomic mass is 35.5. The molecular weight excluding hydrogens is 230 g/mol. The summed E-state index contributed by atoms with van der Waals surface area (Å²) in [6, 6.07) is 0. The van der Waals surface area contributed by atoms with E-state index in [1.165, 1.54) is 6.20 Å². The molecule has 0 radical (unpaired) electrons. The van der Waals surface area contributed by atoms with Crippen molar-refractivity contribution in [2.24, 2.45) is 5.92 Å². The summed E-state index contributed by atoms with van der Waals surface area (Å²) in [6.45, 7) is 0.617. The first-order valence-electron chi connectivity index (χ1n) is 5.33. The Labute approximate surface area is 97.8 Å². The molecule has 1 aliphatic carbocycles. The monoisotopic (exact) mass is 243 g/mol. The molecule has 2 atom stereocenters. The average Bonchev–Trinajstić information content (AvgIpc) is 2.67. The normalized spacial score (nSPS) is 24.6. The van der Waals surface area contributed by atoms with E-state index in [4.69, 9.17) is 11.6 Å². The molecule has 0 spiro atoms. The van der Waals surface area contributed by atoms with Crippen molar-refractivity contribution in [2.45, 2.75) is 25.4 Å². The van der Waals surface area contributed by atoms with Gasteiger partial charge in [-0.05, 0) is 12.8 Å². The van der Waals surface area contributed by atoms with E-state index in [1.807, 2.05) is 0 Å². The Kier molecular flexibility index (Phi) is 3.46. The van der Waals surface area contributed by atoms with Gasteiger partial charge < -0.3 is 10.4 Å². The van der Waals surface area contributed by atoms with E-state index in [2.05, 4.69) is 15.5 Å². The van der Waals surface area contributed by atoms with Crippen molar-refractivity contribution in [2.75, 3.05) is 11.9 Å². The summed E-state index contributed by atoms with van der Waals surface area (Å²) in [5.41, 5.74) is 0.114. The lowest BCUT2D eigenvalue weighted by atomic mass is 10.1. The van der Waals surface area contributed by atoms with E-state index in [-0.39, 0.29) is 17.0 Å². The Bertz CT molecular complexity index is 421. The number of halogens is 1. The summed E-state index contributed by atoms with van der Waals surface area (Å²) in [7, 11) is 0. The maximum absolute atomic E-state index is 11.2. The molecule has 6 heteroatoms. The molecular formula is C10H14ClN3O2. The average molecular weight is 244 g/mol. The molecule has 1 saturated carbocycles. The minimum Gasteiger partial charge on any atom is -0.393 e. The van der Waals surface area contributed by atoms with Crippen molar-refractivity contribution in [1.29, 1.82) is 0 Å². The summed E-state index contributed by atoms with van der Waals surface area (Å²) >= 11 is 5.81. The number of nitrogens with zero attached hydrogens (tertiary/aromatic N) is 1. The summed E-state index contributed by atoms with van der Waals surface area (Å²) in [5, 5.41) is 18.7. The predicted octanol–water partition coefficient (Wildman–Crippen LogP) is 0.996. The van der Waals surface area contributed by atoms with Gasteiger partial charge in [0.2, 0.25) is 0 Å². The minimum absolute atomic E-state index is 0.113. The van der Waals surface area contributed by atoms with E-state index < -0.39 is 5.56 Å². The van der Waals surface area contributed by atoms with Crippen LogP contribution in [0.25, 0.3) is 0 Å². The zero-order valence-electron chi connectivity index (χ0n) is 8.74. The largest absolute Gasteiger partial charge is 0.393 e. The van der Waals surface area contributed by atoms with Crippen LogP contribution in [-0.2, 0) is 0 Å². The van der Waals surface area contributed by atoms with E-state index in [9.17, 15) is 9.90 Å². The van der Waals surface area contributed by atoms with E-state index in [0.29, 0.717) is 12.2 Å². The molecule has 2 rings (SSSR count). The van der Waals surface area contributed by atoms with Gasteiger partial charge in [0.25, 0.3) is 5.56 Å². The minimum atomic E-state index is -0.404. The third kappa shape index (κ3) is 2.36. The molecule has 0 aromatic carbocycles. The highest BCUT2D eigenvalue weighted by molar-refractivity contribution is 6.32. The quantitative estimate of drug-likeness (QED) is 0.740. The highest BCUT2D eigenvalue weighted by Gasteiger charge is 2.24. The van der Waals surface area contributed by atoms with Gasteiger partial charge in [-0.2, -0.15) is 5.10 Å². The fourth-order valence-electron chi connectivity index (χ4n) is 2.00. The zero-order chi connectivity index (χ0) is 11.5. The fourth-order valence-corrected chi connectivity index (χ4v) is 2.16. The molecule has 1 aromatic rings. The lowest BCUT2D eigenvalue weighted by Crippen LogP contribution is -2.23. The van der Waals surface area contributed by atoms with Crippen molar-refractivity contribution < 1.29 is 5.11 Å². The Morgan fingerprint density at radius 3 is 3.12 bits per heavy atom. The van der Waals surface area contributed by atoms with Crippen LogP contribution < -0.4 is 10.9 Å². The molecule has 0 saturated heterocycles. The number of nitrogens with one attached hydrogen (secondary N) is 2. The standard InChI is InChI=1S/C10H14ClN3O2/c11-9-7(5-13-14-10(9)16)12-4-6-2-1-3-8(6)15/h5-6,8,15H,1-4H2,(H2,12,14,16). The number of hydrogen-bond acceptors (Lipinski definition) is 4. The lowest BCUT2D eigenvalue weighted by Gasteiger charge is -2.15. The van der Waals surface area contributed by atoms with Crippen LogP contribution in [0.2, 0.25) is 5.02 Å².